The van der Waals surface area contributed by atoms with Gasteiger partial charge in [0.15, 0.2) is 0 Å². The molecule has 0 amide bonds. The van der Waals surface area contributed by atoms with Crippen LogP contribution in [0.4, 0.5) is 0 Å². The van der Waals surface area contributed by atoms with Crippen LogP contribution in [-0.2, 0) is 19.7 Å². The number of hydrogen-bond donors (Lipinski definition) is 0. The van der Waals surface area contributed by atoms with Crippen molar-refractivity contribution in [3.63, 3.8) is 0 Å². The summed E-state index contributed by atoms with van der Waals surface area (Å²) in [5, 5.41) is 0. The molecule has 4 atom stereocenters. The average molecular weight is 284 g/mol. The van der Waals surface area contributed by atoms with E-state index in [1.54, 1.807) is 13.0 Å². The first kappa shape index (κ1) is 12.6. The maximum atomic E-state index is 12.7. The molecule has 0 unspecified atom stereocenters. The SMILES string of the molecule is CCOC(=O)[C@H]1[C@@H]2C=C[C@@H](C2)[C@]12C(=O)Oc1ccccc12. The van der Waals surface area contributed by atoms with Gasteiger partial charge in [-0.25, -0.2) is 0 Å². The zero-order chi connectivity index (χ0) is 14.6. The van der Waals surface area contributed by atoms with Gasteiger partial charge in [0.25, 0.3) is 0 Å². The Morgan fingerprint density at radius 2 is 2.19 bits per heavy atom. The van der Waals surface area contributed by atoms with E-state index in [0.717, 1.165) is 12.0 Å². The molecule has 4 rings (SSSR count). The van der Waals surface area contributed by atoms with Crippen LogP contribution in [0.3, 0.4) is 0 Å². The Labute approximate surface area is 122 Å². The Bertz CT molecular complexity index is 663. The van der Waals surface area contributed by atoms with Crippen molar-refractivity contribution in [2.45, 2.75) is 18.8 Å². The van der Waals surface area contributed by atoms with Crippen molar-refractivity contribution < 1.29 is 19.1 Å². The van der Waals surface area contributed by atoms with Crippen molar-refractivity contribution in [3.8, 4) is 5.75 Å². The minimum absolute atomic E-state index is 0.0213. The number of hydrogen-bond acceptors (Lipinski definition) is 4. The van der Waals surface area contributed by atoms with Crippen LogP contribution in [0.2, 0.25) is 0 Å². The number of carbonyl (C=O) groups excluding carboxylic acids is 2. The molecular formula is C17H16O4. The molecule has 3 aliphatic rings. The van der Waals surface area contributed by atoms with Gasteiger partial charge in [-0.15, -0.1) is 0 Å². The molecule has 1 heterocycles. The third-order valence-corrected chi connectivity index (χ3v) is 5.03. The Kier molecular flexibility index (Phi) is 2.52. The summed E-state index contributed by atoms with van der Waals surface area (Å²) < 4.78 is 10.7. The monoisotopic (exact) mass is 284 g/mol. The quantitative estimate of drug-likeness (QED) is 0.475. The lowest BCUT2D eigenvalue weighted by Gasteiger charge is -2.34. The number of benzene rings is 1. The molecule has 1 saturated carbocycles. The first-order valence-electron chi connectivity index (χ1n) is 7.36. The first-order valence-corrected chi connectivity index (χ1v) is 7.36. The second-order valence-electron chi connectivity index (χ2n) is 5.88. The van der Waals surface area contributed by atoms with E-state index in [2.05, 4.69) is 6.08 Å². The van der Waals surface area contributed by atoms with Gasteiger partial charge in [-0.1, -0.05) is 30.4 Å². The summed E-state index contributed by atoms with van der Waals surface area (Å²) in [7, 11) is 0. The molecule has 4 nitrogen and oxygen atoms in total. The fraction of sp³-hybridized carbons (Fsp3) is 0.412. The van der Waals surface area contributed by atoms with E-state index in [1.165, 1.54) is 0 Å². The van der Waals surface area contributed by atoms with Gasteiger partial charge < -0.3 is 9.47 Å². The lowest BCUT2D eigenvalue weighted by Crippen LogP contribution is -2.48. The van der Waals surface area contributed by atoms with Crippen LogP contribution in [-0.4, -0.2) is 18.5 Å². The van der Waals surface area contributed by atoms with Crippen LogP contribution in [0.5, 0.6) is 5.75 Å². The molecule has 1 aliphatic heterocycles. The fourth-order valence-corrected chi connectivity index (χ4v) is 4.31. The van der Waals surface area contributed by atoms with Gasteiger partial charge in [-0.3, -0.25) is 9.59 Å². The molecule has 0 N–H and O–H groups in total. The smallest absolute Gasteiger partial charge is 0.323 e. The Balaban J connectivity index is 1.90. The molecular weight excluding hydrogens is 268 g/mol. The van der Waals surface area contributed by atoms with Gasteiger partial charge in [-0.05, 0) is 31.2 Å². The summed E-state index contributed by atoms with van der Waals surface area (Å²) in [5.74, 6) is -0.399. The number of carbonyl (C=O) groups is 2. The largest absolute Gasteiger partial charge is 0.466 e. The summed E-state index contributed by atoms with van der Waals surface area (Å²) in [6.45, 7) is 2.11. The third kappa shape index (κ3) is 1.40. The maximum absolute atomic E-state index is 12.7. The zero-order valence-electron chi connectivity index (χ0n) is 11.7. The van der Waals surface area contributed by atoms with Crippen molar-refractivity contribution in [2.24, 2.45) is 17.8 Å². The second-order valence-corrected chi connectivity index (χ2v) is 5.88. The van der Waals surface area contributed by atoms with Crippen molar-refractivity contribution in [1.29, 1.82) is 0 Å². The highest BCUT2D eigenvalue weighted by atomic mass is 16.5. The molecule has 2 bridgehead atoms. The molecule has 1 spiro atoms. The van der Waals surface area contributed by atoms with Gasteiger partial charge in [0, 0.05) is 5.56 Å². The van der Waals surface area contributed by atoms with E-state index in [4.69, 9.17) is 9.47 Å². The van der Waals surface area contributed by atoms with Crippen LogP contribution in [0.1, 0.15) is 18.9 Å². The molecule has 2 aliphatic carbocycles. The van der Waals surface area contributed by atoms with Crippen LogP contribution in [0.25, 0.3) is 0 Å². The highest BCUT2D eigenvalue weighted by molar-refractivity contribution is 5.97. The minimum Gasteiger partial charge on any atom is -0.466 e. The normalized spacial score (nSPS) is 35.1. The van der Waals surface area contributed by atoms with E-state index in [1.807, 2.05) is 24.3 Å². The second kappa shape index (κ2) is 4.20. The Hall–Kier alpha value is -2.10. The summed E-state index contributed by atoms with van der Waals surface area (Å²) in [6.07, 6.45) is 4.92. The summed E-state index contributed by atoms with van der Waals surface area (Å²) in [6, 6.07) is 7.43. The summed E-state index contributed by atoms with van der Waals surface area (Å²) >= 11 is 0. The predicted octanol–water partition coefficient (Wildman–Crippen LogP) is 2.23. The van der Waals surface area contributed by atoms with Crippen LogP contribution >= 0.6 is 0 Å². The maximum Gasteiger partial charge on any atom is 0.323 e. The van der Waals surface area contributed by atoms with Crippen molar-refractivity contribution in [1.82, 2.24) is 0 Å². The number of rotatable bonds is 2. The zero-order valence-corrected chi connectivity index (χ0v) is 11.7. The first-order chi connectivity index (χ1) is 10.2. The number of ether oxygens (including phenoxy) is 2. The van der Waals surface area contributed by atoms with Gasteiger partial charge >= 0.3 is 11.9 Å². The molecule has 0 saturated heterocycles. The molecule has 0 radical (unpaired) electrons. The lowest BCUT2D eigenvalue weighted by atomic mass is 9.65. The molecule has 1 aromatic carbocycles. The van der Waals surface area contributed by atoms with E-state index >= 15 is 0 Å². The highest BCUT2D eigenvalue weighted by Gasteiger charge is 2.68. The summed E-state index contributed by atoms with van der Waals surface area (Å²) in [4.78, 5) is 25.2. The molecule has 108 valence electrons. The van der Waals surface area contributed by atoms with E-state index in [0.29, 0.717) is 12.4 Å². The van der Waals surface area contributed by atoms with Gasteiger partial charge in [0.05, 0.1) is 12.5 Å². The fourth-order valence-electron chi connectivity index (χ4n) is 4.31. The van der Waals surface area contributed by atoms with Gasteiger partial charge in [0.1, 0.15) is 11.2 Å². The minimum atomic E-state index is -0.887. The van der Waals surface area contributed by atoms with E-state index < -0.39 is 11.3 Å². The topological polar surface area (TPSA) is 52.6 Å². The van der Waals surface area contributed by atoms with Crippen molar-refractivity contribution >= 4 is 11.9 Å². The molecule has 4 heteroatoms. The predicted molar refractivity (Wildman–Crippen MR) is 74.6 cm³/mol. The van der Waals surface area contributed by atoms with Crippen LogP contribution in [0, 0.1) is 17.8 Å². The number of para-hydroxylation sites is 1. The molecule has 1 aromatic rings. The van der Waals surface area contributed by atoms with E-state index in [9.17, 15) is 9.59 Å². The lowest BCUT2D eigenvalue weighted by molar-refractivity contribution is -0.157. The Morgan fingerprint density at radius 3 is 3.00 bits per heavy atom. The van der Waals surface area contributed by atoms with Crippen molar-refractivity contribution in [3.05, 3.63) is 42.0 Å². The summed E-state index contributed by atoms with van der Waals surface area (Å²) in [5.41, 5.74) is -0.0488. The van der Waals surface area contributed by atoms with Gasteiger partial charge in [0.2, 0.25) is 0 Å². The third-order valence-electron chi connectivity index (χ3n) is 5.03. The van der Waals surface area contributed by atoms with Crippen molar-refractivity contribution in [2.75, 3.05) is 6.61 Å². The Morgan fingerprint density at radius 1 is 1.38 bits per heavy atom. The molecule has 0 aromatic heterocycles. The average Bonchev–Trinajstić information content (AvgIpc) is 3.13. The number of allylic oxidation sites excluding steroid dienone is 2. The number of esters is 2. The van der Waals surface area contributed by atoms with Gasteiger partial charge in [-0.2, -0.15) is 0 Å². The molecule has 1 fully saturated rings. The highest BCUT2D eigenvalue weighted by Crippen LogP contribution is 2.62. The van der Waals surface area contributed by atoms with Crippen LogP contribution < -0.4 is 4.74 Å². The molecule has 21 heavy (non-hydrogen) atoms. The number of fused-ring (bicyclic) bond motifs is 5. The standard InChI is InChI=1S/C17H16O4/c1-2-20-15(18)14-10-7-8-11(9-10)17(14)12-5-3-4-6-13(12)21-16(17)19/h3-8,10-11,14H,2,9H2,1H3/t10-,11+,14-,17-/m1/s1. The van der Waals surface area contributed by atoms with E-state index in [-0.39, 0.29) is 23.8 Å². The van der Waals surface area contributed by atoms with Crippen LogP contribution in [0.15, 0.2) is 36.4 Å².